The lowest BCUT2D eigenvalue weighted by molar-refractivity contribution is -0.131. The molecule has 2 aliphatic rings. The zero-order chi connectivity index (χ0) is 19.1. The summed E-state index contributed by atoms with van der Waals surface area (Å²) >= 11 is 0. The molecule has 5 heteroatoms. The molecule has 3 rings (SSSR count). The van der Waals surface area contributed by atoms with Crippen LogP contribution in [0.4, 0.5) is 0 Å². The van der Waals surface area contributed by atoms with Crippen molar-refractivity contribution < 1.29 is 14.3 Å². The van der Waals surface area contributed by atoms with Gasteiger partial charge in [0.05, 0.1) is 12.0 Å². The standard InChI is InChI=1S/C21H22N2O3/c1-12-16(11-22)19(14-5-7-15(8-6-14)26-13(2)24)20-17(23-12)9-21(3,4)10-18(20)25/h5-8,16,19H,9-10H2,1-4H3/t16?,19-/m1/s1. The molecular formula is C21H22N2O3. The van der Waals surface area contributed by atoms with Gasteiger partial charge < -0.3 is 4.74 Å². The highest BCUT2D eigenvalue weighted by Gasteiger charge is 2.43. The molecule has 0 spiro atoms. The largest absolute Gasteiger partial charge is 0.427 e. The molecule has 1 aromatic rings. The third kappa shape index (κ3) is 3.32. The Kier molecular flexibility index (Phi) is 4.53. The van der Waals surface area contributed by atoms with E-state index in [1.807, 2.05) is 19.1 Å². The number of Topliss-reactive ketones (excluding diaryl/α,β-unsaturated/α-hetero) is 1. The number of benzene rings is 1. The van der Waals surface area contributed by atoms with Gasteiger partial charge in [0, 0.05) is 36.2 Å². The van der Waals surface area contributed by atoms with Crippen LogP contribution in [0.1, 0.15) is 52.0 Å². The molecule has 0 amide bonds. The van der Waals surface area contributed by atoms with E-state index in [0.717, 1.165) is 23.4 Å². The van der Waals surface area contributed by atoms with Gasteiger partial charge >= 0.3 is 5.97 Å². The van der Waals surface area contributed by atoms with Gasteiger partial charge in [-0.25, -0.2) is 0 Å². The van der Waals surface area contributed by atoms with E-state index in [4.69, 9.17) is 4.74 Å². The molecule has 0 bridgehead atoms. The summed E-state index contributed by atoms with van der Waals surface area (Å²) in [6.07, 6.45) is 1.19. The van der Waals surface area contributed by atoms with Crippen LogP contribution in [0.25, 0.3) is 0 Å². The summed E-state index contributed by atoms with van der Waals surface area (Å²) in [5.41, 5.74) is 2.96. The van der Waals surface area contributed by atoms with Crippen LogP contribution in [0.15, 0.2) is 40.5 Å². The zero-order valence-corrected chi connectivity index (χ0v) is 15.5. The minimum absolute atomic E-state index is 0.0711. The average molecular weight is 350 g/mol. The molecule has 1 aromatic carbocycles. The van der Waals surface area contributed by atoms with Gasteiger partial charge in [-0.15, -0.1) is 0 Å². The molecule has 5 nitrogen and oxygen atoms in total. The number of carbonyl (C=O) groups is 2. The van der Waals surface area contributed by atoms with Crippen molar-refractivity contribution in [2.45, 2.75) is 46.5 Å². The van der Waals surface area contributed by atoms with Crippen LogP contribution in [0.2, 0.25) is 0 Å². The van der Waals surface area contributed by atoms with Crippen LogP contribution >= 0.6 is 0 Å². The normalized spacial score (nSPS) is 24.4. The van der Waals surface area contributed by atoms with E-state index in [-0.39, 0.29) is 23.1 Å². The summed E-state index contributed by atoms with van der Waals surface area (Å²) in [4.78, 5) is 28.6. The van der Waals surface area contributed by atoms with Crippen molar-refractivity contribution in [1.82, 2.24) is 0 Å². The molecule has 26 heavy (non-hydrogen) atoms. The highest BCUT2D eigenvalue weighted by molar-refractivity contribution is 6.03. The van der Waals surface area contributed by atoms with Crippen molar-refractivity contribution in [3.8, 4) is 11.8 Å². The van der Waals surface area contributed by atoms with E-state index in [1.165, 1.54) is 6.92 Å². The first-order chi connectivity index (χ1) is 12.2. The first-order valence-corrected chi connectivity index (χ1v) is 8.71. The van der Waals surface area contributed by atoms with Crippen LogP contribution < -0.4 is 4.74 Å². The van der Waals surface area contributed by atoms with E-state index in [1.54, 1.807) is 12.1 Å². The van der Waals surface area contributed by atoms with E-state index < -0.39 is 5.92 Å². The molecule has 1 aliphatic carbocycles. The van der Waals surface area contributed by atoms with E-state index in [9.17, 15) is 14.9 Å². The fourth-order valence-electron chi connectivity index (χ4n) is 3.88. The van der Waals surface area contributed by atoms with Crippen LogP contribution in [0.5, 0.6) is 5.75 Å². The van der Waals surface area contributed by atoms with Crippen LogP contribution in [-0.2, 0) is 9.59 Å². The van der Waals surface area contributed by atoms with Crippen molar-refractivity contribution in [3.63, 3.8) is 0 Å². The number of allylic oxidation sites excluding steroid dienone is 2. The Balaban J connectivity index is 2.07. The average Bonchev–Trinajstić information content (AvgIpc) is 2.52. The highest BCUT2D eigenvalue weighted by atomic mass is 16.5. The minimum Gasteiger partial charge on any atom is -0.427 e. The number of aliphatic imine (C=N–C) groups is 1. The predicted molar refractivity (Wildman–Crippen MR) is 97.8 cm³/mol. The summed E-state index contributed by atoms with van der Waals surface area (Å²) in [6, 6.07) is 9.36. The van der Waals surface area contributed by atoms with Crippen LogP contribution in [0, 0.1) is 22.7 Å². The number of hydrogen-bond acceptors (Lipinski definition) is 5. The molecule has 0 radical (unpaired) electrons. The number of ether oxygens (including phenoxy) is 1. The SMILES string of the molecule is CC(=O)Oc1ccc([C@H]2C3=C(CC(C)(C)CC3=O)N=C(C)C2C#N)cc1. The molecule has 0 fully saturated rings. The smallest absolute Gasteiger partial charge is 0.308 e. The first kappa shape index (κ1) is 18.1. The maximum Gasteiger partial charge on any atom is 0.308 e. The van der Waals surface area contributed by atoms with Crippen molar-refractivity contribution in [2.75, 3.05) is 0 Å². The number of ketones is 1. The Morgan fingerprint density at radius 2 is 1.92 bits per heavy atom. The first-order valence-electron chi connectivity index (χ1n) is 8.71. The lowest BCUT2D eigenvalue weighted by atomic mass is 9.67. The lowest BCUT2D eigenvalue weighted by Gasteiger charge is -2.37. The van der Waals surface area contributed by atoms with E-state index in [0.29, 0.717) is 17.7 Å². The maximum atomic E-state index is 12.9. The number of rotatable bonds is 2. The van der Waals surface area contributed by atoms with Gasteiger partial charge in [-0.05, 0) is 36.5 Å². The third-order valence-corrected chi connectivity index (χ3v) is 4.94. The van der Waals surface area contributed by atoms with Crippen LogP contribution in [0.3, 0.4) is 0 Å². The van der Waals surface area contributed by atoms with Gasteiger partial charge in [0.25, 0.3) is 0 Å². The van der Waals surface area contributed by atoms with Crippen LogP contribution in [-0.4, -0.2) is 17.5 Å². The molecule has 1 heterocycles. The van der Waals surface area contributed by atoms with Crippen molar-refractivity contribution in [2.24, 2.45) is 16.3 Å². The number of hydrogen-bond donors (Lipinski definition) is 0. The topological polar surface area (TPSA) is 79.5 Å². The Morgan fingerprint density at radius 3 is 2.50 bits per heavy atom. The summed E-state index contributed by atoms with van der Waals surface area (Å²) < 4.78 is 5.08. The quantitative estimate of drug-likeness (QED) is 0.597. The molecule has 1 aliphatic heterocycles. The second kappa shape index (κ2) is 6.53. The van der Waals surface area contributed by atoms with Crippen molar-refractivity contribution in [1.29, 1.82) is 5.26 Å². The van der Waals surface area contributed by atoms with Gasteiger partial charge in [-0.1, -0.05) is 26.0 Å². The summed E-state index contributed by atoms with van der Waals surface area (Å²) in [5.74, 6) is -0.674. The summed E-state index contributed by atoms with van der Waals surface area (Å²) in [6.45, 7) is 7.34. The Morgan fingerprint density at radius 1 is 1.27 bits per heavy atom. The maximum absolute atomic E-state index is 12.9. The molecule has 0 N–H and O–H groups in total. The highest BCUT2D eigenvalue weighted by Crippen LogP contribution is 2.47. The summed E-state index contributed by atoms with van der Waals surface area (Å²) in [7, 11) is 0. The molecular weight excluding hydrogens is 328 g/mol. The van der Waals surface area contributed by atoms with Crippen molar-refractivity contribution >= 4 is 17.5 Å². The Bertz CT molecular complexity index is 870. The Labute approximate surface area is 153 Å². The van der Waals surface area contributed by atoms with Gasteiger partial charge in [0.15, 0.2) is 5.78 Å². The number of nitriles is 1. The van der Waals surface area contributed by atoms with Gasteiger partial charge in [0.1, 0.15) is 5.75 Å². The summed E-state index contributed by atoms with van der Waals surface area (Å²) in [5, 5.41) is 9.71. The molecule has 1 unspecified atom stereocenters. The third-order valence-electron chi connectivity index (χ3n) is 4.94. The molecule has 2 atom stereocenters. The minimum atomic E-state index is -0.474. The van der Waals surface area contributed by atoms with E-state index >= 15 is 0 Å². The number of carbonyl (C=O) groups excluding carboxylic acids is 2. The number of nitrogens with zero attached hydrogens (tertiary/aromatic N) is 2. The lowest BCUT2D eigenvalue weighted by Crippen LogP contribution is -2.35. The Hall–Kier alpha value is -2.74. The van der Waals surface area contributed by atoms with E-state index in [2.05, 4.69) is 24.9 Å². The molecule has 0 aromatic heterocycles. The monoisotopic (exact) mass is 350 g/mol. The second-order valence-electron chi connectivity index (χ2n) is 7.80. The fourth-order valence-corrected chi connectivity index (χ4v) is 3.88. The number of esters is 1. The second-order valence-corrected chi connectivity index (χ2v) is 7.80. The van der Waals surface area contributed by atoms with Gasteiger partial charge in [0.2, 0.25) is 0 Å². The van der Waals surface area contributed by atoms with Gasteiger partial charge in [-0.2, -0.15) is 5.26 Å². The fraction of sp³-hybridized carbons (Fsp3) is 0.429. The molecule has 134 valence electrons. The molecule has 0 saturated carbocycles. The zero-order valence-electron chi connectivity index (χ0n) is 15.5. The predicted octanol–water partition coefficient (Wildman–Crippen LogP) is 3.95. The van der Waals surface area contributed by atoms with Gasteiger partial charge in [-0.3, -0.25) is 14.6 Å². The molecule has 0 saturated heterocycles. The van der Waals surface area contributed by atoms with Crippen molar-refractivity contribution in [3.05, 3.63) is 41.1 Å².